The number of anilines is 1. The summed E-state index contributed by atoms with van der Waals surface area (Å²) in [5.41, 5.74) is 6.79. The van der Waals surface area contributed by atoms with E-state index < -0.39 is 0 Å². The van der Waals surface area contributed by atoms with Crippen molar-refractivity contribution in [1.82, 2.24) is 0 Å². The molecular weight excluding hydrogens is 413 g/mol. The highest BCUT2D eigenvalue weighted by atomic mass is 127. The molecule has 2 rings (SSSR count). The molecule has 1 unspecified atom stereocenters. The maximum absolute atomic E-state index is 5.96. The van der Waals surface area contributed by atoms with E-state index in [0.29, 0.717) is 17.5 Å². The maximum atomic E-state index is 5.96. The lowest BCUT2D eigenvalue weighted by molar-refractivity contribution is 0.355. The molecule has 0 amide bonds. The monoisotopic (exact) mass is 437 g/mol. The summed E-state index contributed by atoms with van der Waals surface area (Å²) in [6.45, 7) is 2.99. The van der Waals surface area contributed by atoms with Gasteiger partial charge in [-0.1, -0.05) is 0 Å². The fraction of sp³-hybridized carbons (Fsp3) is 0.533. The summed E-state index contributed by atoms with van der Waals surface area (Å²) in [6.07, 6.45) is 2.46. The first kappa shape index (κ1) is 19.2. The lowest BCUT2D eigenvalue weighted by atomic mass is 10.1. The molecule has 1 aliphatic heterocycles. The van der Waals surface area contributed by atoms with E-state index in [9.17, 15) is 0 Å². The predicted octanol–water partition coefficient (Wildman–Crippen LogP) is 3.33. The average molecular weight is 437 g/mol. The number of rotatable bonds is 5. The fourth-order valence-electron chi connectivity index (χ4n) is 2.32. The second kappa shape index (κ2) is 8.71. The molecule has 0 aromatic heterocycles. The van der Waals surface area contributed by atoms with Crippen LogP contribution in [0.25, 0.3) is 0 Å². The number of hydrogen-bond donors (Lipinski definition) is 2. The van der Waals surface area contributed by atoms with E-state index in [4.69, 9.17) is 15.2 Å². The Morgan fingerprint density at radius 1 is 1.36 bits per heavy atom. The number of methoxy groups -OCH3 is 2. The molecule has 0 radical (unpaired) electrons. The summed E-state index contributed by atoms with van der Waals surface area (Å²) in [7, 11) is 3.22. The Kier molecular flexibility index (Phi) is 7.61. The second-order valence-electron chi connectivity index (χ2n) is 5.30. The van der Waals surface area contributed by atoms with Crippen LogP contribution in [0.3, 0.4) is 0 Å². The van der Waals surface area contributed by atoms with Crippen LogP contribution in [0.1, 0.15) is 19.8 Å². The average Bonchev–Trinajstić information content (AvgIpc) is 2.92. The lowest BCUT2D eigenvalue weighted by Gasteiger charge is -2.20. The third-order valence-corrected chi connectivity index (χ3v) is 5.06. The van der Waals surface area contributed by atoms with Crippen molar-refractivity contribution >= 4 is 47.4 Å². The summed E-state index contributed by atoms with van der Waals surface area (Å²) in [5.74, 6) is 2.99. The molecule has 0 bridgehead atoms. The third kappa shape index (κ3) is 5.12. The van der Waals surface area contributed by atoms with Gasteiger partial charge in [0.2, 0.25) is 0 Å². The quantitative estimate of drug-likeness (QED) is 0.420. The Bertz CT molecular complexity index is 520. The van der Waals surface area contributed by atoms with E-state index in [1.54, 1.807) is 14.2 Å². The minimum atomic E-state index is 0. The van der Waals surface area contributed by atoms with Crippen LogP contribution >= 0.6 is 35.7 Å². The SMILES string of the molecule is COc1ccc(NC(N)=NCC2(C)CCCS2)cc1OC.I. The zero-order valence-corrected chi connectivity index (χ0v) is 16.4. The number of halogens is 1. The van der Waals surface area contributed by atoms with E-state index in [1.807, 2.05) is 30.0 Å². The number of hydrogen-bond acceptors (Lipinski definition) is 4. The van der Waals surface area contributed by atoms with E-state index in [0.717, 1.165) is 12.2 Å². The number of nitrogens with two attached hydrogens (primary N) is 1. The van der Waals surface area contributed by atoms with E-state index >= 15 is 0 Å². The van der Waals surface area contributed by atoms with Crippen molar-refractivity contribution in [3.63, 3.8) is 0 Å². The van der Waals surface area contributed by atoms with Gasteiger partial charge in [0.05, 0.1) is 20.8 Å². The molecule has 0 saturated carbocycles. The number of aliphatic imine (C=N–C) groups is 1. The molecule has 1 aliphatic rings. The largest absolute Gasteiger partial charge is 0.493 e. The summed E-state index contributed by atoms with van der Waals surface area (Å²) in [6, 6.07) is 5.56. The number of nitrogens with one attached hydrogen (secondary N) is 1. The Hall–Kier alpha value is -0.830. The van der Waals surface area contributed by atoms with Gasteiger partial charge < -0.3 is 20.5 Å². The molecule has 1 aromatic carbocycles. The van der Waals surface area contributed by atoms with Gasteiger partial charge in [-0.15, -0.1) is 24.0 Å². The molecule has 5 nitrogen and oxygen atoms in total. The van der Waals surface area contributed by atoms with Gasteiger partial charge in [0.1, 0.15) is 0 Å². The second-order valence-corrected chi connectivity index (χ2v) is 6.98. The topological polar surface area (TPSA) is 68.9 Å². The summed E-state index contributed by atoms with van der Waals surface area (Å²) < 4.78 is 10.7. The lowest BCUT2D eigenvalue weighted by Crippen LogP contribution is -2.27. The standard InChI is InChI=1S/C15H23N3O2S.HI/c1-15(7-4-8-21-15)10-17-14(16)18-11-5-6-12(19-2)13(9-11)20-3;/h5-6,9H,4,7-8,10H2,1-3H3,(H3,16,17,18);1H. The highest BCUT2D eigenvalue weighted by molar-refractivity contribution is 14.0. The zero-order valence-electron chi connectivity index (χ0n) is 13.2. The van der Waals surface area contributed by atoms with Crippen LogP contribution in [-0.4, -0.2) is 37.2 Å². The van der Waals surface area contributed by atoms with Gasteiger partial charge in [-0.25, -0.2) is 0 Å². The molecule has 0 aliphatic carbocycles. The molecule has 1 heterocycles. The number of benzene rings is 1. The van der Waals surface area contributed by atoms with Crippen molar-refractivity contribution in [2.75, 3.05) is 31.8 Å². The summed E-state index contributed by atoms with van der Waals surface area (Å²) in [5, 5.41) is 3.09. The van der Waals surface area contributed by atoms with Gasteiger partial charge in [-0.05, 0) is 37.7 Å². The normalized spacial score (nSPS) is 21.1. The molecule has 1 saturated heterocycles. The molecular formula is C15H24IN3O2S. The third-order valence-electron chi connectivity index (χ3n) is 3.54. The number of nitrogens with zero attached hydrogens (tertiary/aromatic N) is 1. The van der Waals surface area contributed by atoms with E-state index in [2.05, 4.69) is 17.2 Å². The van der Waals surface area contributed by atoms with Gasteiger partial charge in [-0.3, -0.25) is 4.99 Å². The van der Waals surface area contributed by atoms with Gasteiger partial charge in [0.15, 0.2) is 17.5 Å². The fourth-order valence-corrected chi connectivity index (χ4v) is 3.54. The molecule has 1 atom stereocenters. The predicted molar refractivity (Wildman–Crippen MR) is 105 cm³/mol. The Balaban J connectivity index is 0.00000242. The summed E-state index contributed by atoms with van der Waals surface area (Å²) >= 11 is 1.98. The Morgan fingerprint density at radius 3 is 2.68 bits per heavy atom. The van der Waals surface area contributed by atoms with Gasteiger partial charge >= 0.3 is 0 Å². The van der Waals surface area contributed by atoms with Crippen molar-refractivity contribution < 1.29 is 9.47 Å². The van der Waals surface area contributed by atoms with Gasteiger partial charge in [0, 0.05) is 16.5 Å². The number of ether oxygens (including phenoxy) is 2. The van der Waals surface area contributed by atoms with Gasteiger partial charge in [-0.2, -0.15) is 11.8 Å². The van der Waals surface area contributed by atoms with Crippen LogP contribution in [0.2, 0.25) is 0 Å². The first-order chi connectivity index (χ1) is 10.1. The van der Waals surface area contributed by atoms with Crippen LogP contribution in [0.15, 0.2) is 23.2 Å². The highest BCUT2D eigenvalue weighted by Crippen LogP contribution is 2.37. The number of thioether (sulfide) groups is 1. The first-order valence-corrected chi connectivity index (χ1v) is 7.98. The highest BCUT2D eigenvalue weighted by Gasteiger charge is 2.29. The van der Waals surface area contributed by atoms with Crippen LogP contribution < -0.4 is 20.5 Å². The minimum Gasteiger partial charge on any atom is -0.493 e. The smallest absolute Gasteiger partial charge is 0.193 e. The Morgan fingerprint density at radius 2 is 2.09 bits per heavy atom. The van der Waals surface area contributed by atoms with Crippen molar-refractivity contribution in [1.29, 1.82) is 0 Å². The van der Waals surface area contributed by atoms with Crippen molar-refractivity contribution in [2.24, 2.45) is 10.7 Å². The van der Waals surface area contributed by atoms with Crippen molar-refractivity contribution in [2.45, 2.75) is 24.5 Å². The van der Waals surface area contributed by atoms with Crippen LogP contribution in [0.5, 0.6) is 11.5 Å². The molecule has 1 aromatic rings. The maximum Gasteiger partial charge on any atom is 0.193 e. The zero-order chi connectivity index (χ0) is 15.3. The van der Waals surface area contributed by atoms with Crippen molar-refractivity contribution in [3.05, 3.63) is 18.2 Å². The van der Waals surface area contributed by atoms with Crippen molar-refractivity contribution in [3.8, 4) is 11.5 Å². The molecule has 1 fully saturated rings. The number of guanidine groups is 1. The minimum absolute atomic E-state index is 0. The first-order valence-electron chi connectivity index (χ1n) is 6.99. The Labute approximate surface area is 153 Å². The molecule has 0 spiro atoms. The molecule has 3 N–H and O–H groups in total. The van der Waals surface area contributed by atoms with Gasteiger partial charge in [0.25, 0.3) is 0 Å². The summed E-state index contributed by atoms with van der Waals surface area (Å²) in [4.78, 5) is 4.46. The molecule has 7 heteroatoms. The van der Waals surface area contributed by atoms with E-state index in [1.165, 1.54) is 18.6 Å². The van der Waals surface area contributed by atoms with Crippen LogP contribution in [0, 0.1) is 0 Å². The van der Waals surface area contributed by atoms with Crippen LogP contribution in [-0.2, 0) is 0 Å². The molecule has 22 heavy (non-hydrogen) atoms. The van der Waals surface area contributed by atoms with E-state index in [-0.39, 0.29) is 28.7 Å². The van der Waals surface area contributed by atoms with Crippen LogP contribution in [0.4, 0.5) is 5.69 Å². The molecule has 124 valence electrons.